The molecule has 2 unspecified atom stereocenters. The summed E-state index contributed by atoms with van der Waals surface area (Å²) in [6.07, 6.45) is 5.54. The van der Waals surface area contributed by atoms with Gasteiger partial charge in [0.25, 0.3) is 0 Å². The minimum atomic E-state index is -1.66. The molecule has 1 saturated heterocycles. The van der Waals surface area contributed by atoms with Crippen molar-refractivity contribution in [1.29, 1.82) is 0 Å². The number of aromatic nitrogens is 3. The molecule has 2 bridgehead atoms. The molecule has 2 spiro atoms. The predicted molar refractivity (Wildman–Crippen MR) is 129 cm³/mol. The van der Waals surface area contributed by atoms with Gasteiger partial charge in [0.2, 0.25) is 0 Å². The Bertz CT molecular complexity index is 1290. The molecule has 35 heavy (non-hydrogen) atoms. The third-order valence-electron chi connectivity index (χ3n) is 10.3. The van der Waals surface area contributed by atoms with Crippen molar-refractivity contribution < 1.29 is 19.3 Å². The van der Waals surface area contributed by atoms with Crippen LogP contribution in [0.5, 0.6) is 0 Å². The van der Waals surface area contributed by atoms with E-state index in [1.807, 2.05) is 25.1 Å². The summed E-state index contributed by atoms with van der Waals surface area (Å²) in [5, 5.41) is 33.0. The fourth-order valence-corrected chi connectivity index (χ4v) is 8.44. The molecular weight excluding hydrogens is 447 g/mol. The summed E-state index contributed by atoms with van der Waals surface area (Å²) in [7, 11) is 3.82. The molecule has 8 heteroatoms. The van der Waals surface area contributed by atoms with E-state index in [0.29, 0.717) is 37.7 Å². The van der Waals surface area contributed by atoms with Crippen LogP contribution in [0.1, 0.15) is 51.0 Å². The first-order valence-corrected chi connectivity index (χ1v) is 12.8. The van der Waals surface area contributed by atoms with E-state index in [4.69, 9.17) is 4.74 Å². The van der Waals surface area contributed by atoms with Gasteiger partial charge in [-0.15, -0.1) is 0 Å². The molecule has 3 fully saturated rings. The highest BCUT2D eigenvalue weighted by Gasteiger charge is 2.74. The number of aliphatic hydroxyl groups is 2. The number of hydrogen-bond donors (Lipinski definition) is 3. The molecule has 2 saturated carbocycles. The Morgan fingerprint density at radius 2 is 1.91 bits per heavy atom. The van der Waals surface area contributed by atoms with Gasteiger partial charge in [0.15, 0.2) is 5.67 Å². The number of likely N-dealkylation sites (N-methyl/N-ethyl adjacent to an activating group) is 1. The number of hydrogen-bond acceptors (Lipinski definition) is 6. The van der Waals surface area contributed by atoms with Crippen LogP contribution in [0.25, 0.3) is 16.6 Å². The molecule has 1 aromatic carbocycles. The number of rotatable bonds is 2. The fraction of sp³-hybridized carbons (Fsp3) is 0.630. The molecule has 3 heterocycles. The summed E-state index contributed by atoms with van der Waals surface area (Å²) in [5.41, 5.74) is 1.05. The van der Waals surface area contributed by atoms with Crippen LogP contribution in [0.15, 0.2) is 35.9 Å². The van der Waals surface area contributed by atoms with E-state index in [2.05, 4.69) is 40.5 Å². The fourth-order valence-electron chi connectivity index (χ4n) is 8.44. The van der Waals surface area contributed by atoms with Crippen LogP contribution in [0.2, 0.25) is 0 Å². The largest absolute Gasteiger partial charge is 0.388 e. The first-order valence-electron chi connectivity index (χ1n) is 12.8. The Labute approximate surface area is 204 Å². The van der Waals surface area contributed by atoms with Crippen LogP contribution in [-0.2, 0) is 4.74 Å². The van der Waals surface area contributed by atoms with E-state index in [1.54, 1.807) is 6.08 Å². The van der Waals surface area contributed by atoms with E-state index in [1.165, 1.54) is 5.57 Å². The van der Waals surface area contributed by atoms with E-state index in [-0.39, 0.29) is 17.4 Å². The third kappa shape index (κ3) is 2.59. The summed E-state index contributed by atoms with van der Waals surface area (Å²) >= 11 is 0. The van der Waals surface area contributed by atoms with Crippen molar-refractivity contribution in [2.75, 3.05) is 14.1 Å². The number of aliphatic hydroxyl groups excluding tert-OH is 2. The maximum Gasteiger partial charge on any atom is 0.158 e. The smallest absolute Gasteiger partial charge is 0.158 e. The Morgan fingerprint density at radius 1 is 1.11 bits per heavy atom. The molecular formula is C27H33FN4O3. The lowest BCUT2D eigenvalue weighted by Crippen LogP contribution is -2.68. The van der Waals surface area contributed by atoms with Gasteiger partial charge in [0.05, 0.1) is 11.7 Å². The number of H-pyrrole nitrogens is 1. The number of ether oxygens (including phenoxy) is 1. The lowest BCUT2D eigenvalue weighted by atomic mass is 9.53. The quantitative estimate of drug-likeness (QED) is 0.572. The Morgan fingerprint density at radius 3 is 2.71 bits per heavy atom. The molecule has 3 aliphatic carbocycles. The third-order valence-corrected chi connectivity index (χ3v) is 10.3. The van der Waals surface area contributed by atoms with E-state index in [0.717, 1.165) is 23.0 Å². The SMILES string of the molecule is CN(C)[C@H]1C[C@@]23CC[C@]4(O2)C2CC=C(c5ccc6n[nH]nc6c5)[C@@]2(C)CCC4(F)C=C3[C@@H](O)[C@@H]1O. The van der Waals surface area contributed by atoms with Crippen molar-refractivity contribution in [3.63, 3.8) is 0 Å². The van der Waals surface area contributed by atoms with Crippen LogP contribution >= 0.6 is 0 Å². The summed E-state index contributed by atoms with van der Waals surface area (Å²) in [4.78, 5) is 1.95. The maximum absolute atomic E-state index is 17.1. The van der Waals surface area contributed by atoms with Crippen molar-refractivity contribution in [3.8, 4) is 0 Å². The van der Waals surface area contributed by atoms with Crippen molar-refractivity contribution in [3.05, 3.63) is 41.5 Å². The van der Waals surface area contributed by atoms with Crippen LogP contribution in [-0.4, -0.2) is 79.7 Å². The first-order chi connectivity index (χ1) is 16.6. The van der Waals surface area contributed by atoms with Crippen molar-refractivity contribution in [1.82, 2.24) is 20.3 Å². The standard InChI is InChI=1S/C27H33FN4O3/c1-24-8-10-26(28)13-17-22(33)23(34)20(32(2)3)14-25(17)9-11-27(26,35-25)21(24)7-5-16(24)15-4-6-18-19(12-15)30-31-29-18/h4-6,12-13,20-23,33-34H,7-11,14H2,1-3H3,(H,29,30,31)/t20-,21?,22+,23+,24+,25+,26?,27-/m0/s1. The number of nitrogens with zero attached hydrogens (tertiary/aromatic N) is 3. The van der Waals surface area contributed by atoms with E-state index >= 15 is 4.39 Å². The Hall–Kier alpha value is -2.13. The average molecular weight is 481 g/mol. The van der Waals surface area contributed by atoms with E-state index in [9.17, 15) is 10.2 Å². The van der Waals surface area contributed by atoms with E-state index < -0.39 is 29.1 Å². The molecule has 1 aromatic heterocycles. The van der Waals surface area contributed by atoms with Gasteiger partial charge in [-0.05, 0) is 93.0 Å². The number of aromatic amines is 1. The zero-order valence-electron chi connectivity index (χ0n) is 20.5. The molecule has 186 valence electrons. The monoisotopic (exact) mass is 480 g/mol. The van der Waals surface area contributed by atoms with Crippen LogP contribution in [0, 0.1) is 11.3 Å². The minimum Gasteiger partial charge on any atom is -0.388 e. The van der Waals surface area contributed by atoms with Crippen LogP contribution in [0.4, 0.5) is 4.39 Å². The van der Waals surface area contributed by atoms with Crippen LogP contribution < -0.4 is 0 Å². The highest BCUT2D eigenvalue weighted by atomic mass is 19.1. The van der Waals surface area contributed by atoms with Crippen molar-refractivity contribution >= 4 is 16.6 Å². The van der Waals surface area contributed by atoms with Gasteiger partial charge in [-0.1, -0.05) is 19.1 Å². The highest BCUT2D eigenvalue weighted by molar-refractivity contribution is 5.82. The maximum atomic E-state index is 17.1. The zero-order chi connectivity index (χ0) is 24.4. The molecule has 2 aromatic rings. The lowest BCUT2D eigenvalue weighted by Gasteiger charge is -2.60. The van der Waals surface area contributed by atoms with Crippen molar-refractivity contribution in [2.24, 2.45) is 11.3 Å². The molecule has 3 N–H and O–H groups in total. The van der Waals surface area contributed by atoms with Gasteiger partial charge in [0.1, 0.15) is 22.7 Å². The molecule has 7 nitrogen and oxygen atoms in total. The first kappa shape index (κ1) is 22.1. The molecule has 7 rings (SSSR count). The minimum absolute atomic E-state index is 0.00395. The van der Waals surface area contributed by atoms with Crippen molar-refractivity contribution in [2.45, 2.75) is 80.6 Å². The number of alkyl halides is 1. The van der Waals surface area contributed by atoms with Gasteiger partial charge < -0.3 is 19.8 Å². The summed E-state index contributed by atoms with van der Waals surface area (Å²) in [5.74, 6) is -0.00395. The Kier molecular flexibility index (Phi) is 4.29. The highest BCUT2D eigenvalue weighted by Crippen LogP contribution is 2.71. The number of fused-ring (bicyclic) bond motifs is 2. The van der Waals surface area contributed by atoms with Gasteiger partial charge in [-0.3, -0.25) is 0 Å². The summed E-state index contributed by atoms with van der Waals surface area (Å²) in [6, 6.07) is 5.91. The molecule has 0 radical (unpaired) electrons. The second-order valence-electron chi connectivity index (χ2n) is 12.0. The topological polar surface area (TPSA) is 94.5 Å². The summed E-state index contributed by atoms with van der Waals surface area (Å²) in [6.45, 7) is 2.27. The molecule has 8 atom stereocenters. The normalized spacial score (nSPS) is 46.3. The number of allylic oxidation sites excluding steroid dienone is 2. The van der Waals surface area contributed by atoms with Gasteiger partial charge in [-0.2, -0.15) is 15.4 Å². The number of benzene rings is 1. The molecule has 5 aliphatic rings. The molecule has 0 amide bonds. The second kappa shape index (κ2) is 6.79. The average Bonchev–Trinajstić information content (AvgIpc) is 3.52. The van der Waals surface area contributed by atoms with Gasteiger partial charge in [0, 0.05) is 12.0 Å². The molecule has 2 aliphatic heterocycles. The Balaban J connectivity index is 1.31. The summed E-state index contributed by atoms with van der Waals surface area (Å²) < 4.78 is 24.1. The predicted octanol–water partition coefficient (Wildman–Crippen LogP) is 3.15. The zero-order valence-corrected chi connectivity index (χ0v) is 20.5. The van der Waals surface area contributed by atoms with Gasteiger partial charge >= 0.3 is 0 Å². The van der Waals surface area contributed by atoms with Crippen LogP contribution in [0.3, 0.4) is 0 Å². The van der Waals surface area contributed by atoms with Gasteiger partial charge in [-0.25, -0.2) is 4.39 Å². The number of halogens is 1. The second-order valence-corrected chi connectivity index (χ2v) is 12.0. The number of nitrogens with one attached hydrogen (secondary N) is 1. The lowest BCUT2D eigenvalue weighted by molar-refractivity contribution is -0.239.